The molecular weight excluding hydrogens is 278 g/mol. The maximum Gasteiger partial charge on any atom is 0.0752 e. The summed E-state index contributed by atoms with van der Waals surface area (Å²) in [6.07, 6.45) is 0. The molecule has 0 bridgehead atoms. The molecule has 0 aliphatic carbocycles. The topological polar surface area (TPSA) is 0 Å². The van der Waals surface area contributed by atoms with Crippen LogP contribution in [0.15, 0.2) is 11.0 Å². The fourth-order valence-corrected chi connectivity index (χ4v) is 3.04. The van der Waals surface area contributed by atoms with Crippen molar-refractivity contribution in [2.45, 2.75) is 4.90 Å². The third-order valence-electron chi connectivity index (χ3n) is 1.16. The van der Waals surface area contributed by atoms with Crippen LogP contribution in [-0.4, -0.2) is 0 Å². The molecule has 0 atom stereocenters. The van der Waals surface area contributed by atoms with Crippen molar-refractivity contribution in [3.8, 4) is 0 Å². The molecule has 0 nitrogen and oxygen atoms in total. The van der Waals surface area contributed by atoms with E-state index >= 15 is 0 Å². The van der Waals surface area contributed by atoms with Gasteiger partial charge in [-0.2, -0.15) is 0 Å². The smallest absolute Gasteiger partial charge is 0.0752 e. The quantitative estimate of drug-likeness (QED) is 0.417. The summed E-state index contributed by atoms with van der Waals surface area (Å²) in [6.45, 7) is 0. The van der Waals surface area contributed by atoms with Crippen molar-refractivity contribution < 1.29 is 0 Å². The van der Waals surface area contributed by atoms with Gasteiger partial charge in [-0.05, 0) is 6.07 Å². The number of hydrogen-bond acceptors (Lipinski definition) is 2. The molecule has 0 spiro atoms. The minimum atomic E-state index is 0.377. The zero-order chi connectivity index (χ0) is 9.30. The lowest BCUT2D eigenvalue weighted by Crippen LogP contribution is -1.78. The first-order chi connectivity index (χ1) is 5.57. The standard InChI is InChI=1S/C6H2Cl4S2/c7-2-1-3(8)5(10)6(12-11)4(2)9/h1,11H. The van der Waals surface area contributed by atoms with E-state index in [0.717, 1.165) is 10.8 Å². The first-order valence-corrected chi connectivity index (χ1v) is 6.10. The molecule has 0 unspecified atom stereocenters. The van der Waals surface area contributed by atoms with Gasteiger partial charge < -0.3 is 0 Å². The lowest BCUT2D eigenvalue weighted by Gasteiger charge is -2.05. The third kappa shape index (κ3) is 2.11. The van der Waals surface area contributed by atoms with E-state index in [-0.39, 0.29) is 0 Å². The van der Waals surface area contributed by atoms with Crippen LogP contribution in [0, 0.1) is 0 Å². The monoisotopic (exact) mass is 278 g/mol. The van der Waals surface area contributed by atoms with E-state index in [2.05, 4.69) is 11.7 Å². The second-order valence-electron chi connectivity index (χ2n) is 1.89. The van der Waals surface area contributed by atoms with Gasteiger partial charge in [0.2, 0.25) is 0 Å². The average Bonchev–Trinajstić information content (AvgIpc) is 2.02. The van der Waals surface area contributed by atoms with Gasteiger partial charge in [-0.1, -0.05) is 57.2 Å². The Morgan fingerprint density at radius 3 is 1.75 bits per heavy atom. The Bertz CT molecular complexity index is 287. The molecule has 66 valence electrons. The molecular formula is C6H2Cl4S2. The summed E-state index contributed by atoms with van der Waals surface area (Å²) in [4.78, 5) is 0.583. The maximum absolute atomic E-state index is 5.83. The van der Waals surface area contributed by atoms with Crippen LogP contribution in [0.5, 0.6) is 0 Å². The zero-order valence-corrected chi connectivity index (χ0v) is 10.2. The van der Waals surface area contributed by atoms with Crippen molar-refractivity contribution in [3.63, 3.8) is 0 Å². The minimum absolute atomic E-state index is 0.377. The van der Waals surface area contributed by atoms with Crippen molar-refractivity contribution >= 4 is 68.9 Å². The molecule has 12 heavy (non-hydrogen) atoms. The van der Waals surface area contributed by atoms with E-state index in [1.165, 1.54) is 6.07 Å². The van der Waals surface area contributed by atoms with E-state index in [9.17, 15) is 0 Å². The predicted octanol–water partition coefficient (Wildman–Crippen LogP) is 5.24. The van der Waals surface area contributed by atoms with Crippen LogP contribution in [0.4, 0.5) is 0 Å². The summed E-state index contributed by atoms with van der Waals surface area (Å²) >= 11 is 27.1. The van der Waals surface area contributed by atoms with Crippen LogP contribution in [0.3, 0.4) is 0 Å². The molecule has 6 heteroatoms. The first-order valence-electron chi connectivity index (χ1n) is 2.72. The van der Waals surface area contributed by atoms with Crippen LogP contribution in [-0.2, 0) is 0 Å². The predicted molar refractivity (Wildman–Crippen MR) is 61.3 cm³/mol. The van der Waals surface area contributed by atoms with Crippen LogP contribution in [0.2, 0.25) is 20.1 Å². The Kier molecular flexibility index (Phi) is 4.22. The van der Waals surface area contributed by atoms with Gasteiger partial charge in [0.1, 0.15) is 0 Å². The van der Waals surface area contributed by atoms with Crippen molar-refractivity contribution in [2.24, 2.45) is 0 Å². The van der Waals surface area contributed by atoms with Gasteiger partial charge in [0.05, 0.1) is 25.0 Å². The Balaban J connectivity index is 3.42. The molecule has 0 N–H and O–H groups in total. The fraction of sp³-hybridized carbons (Fsp3) is 0. The Morgan fingerprint density at radius 2 is 1.42 bits per heavy atom. The van der Waals surface area contributed by atoms with E-state index < -0.39 is 0 Å². The number of benzene rings is 1. The second kappa shape index (κ2) is 4.54. The Morgan fingerprint density at radius 1 is 1.00 bits per heavy atom. The van der Waals surface area contributed by atoms with Gasteiger partial charge in [-0.3, -0.25) is 0 Å². The van der Waals surface area contributed by atoms with E-state index in [1.54, 1.807) is 0 Å². The van der Waals surface area contributed by atoms with Crippen LogP contribution >= 0.6 is 68.9 Å². The molecule has 0 aliphatic rings. The summed E-state index contributed by atoms with van der Waals surface area (Å²) in [5.74, 6) is 0. The molecule has 0 saturated carbocycles. The second-order valence-corrected chi connectivity index (χ2v) is 4.60. The minimum Gasteiger partial charge on any atom is -0.106 e. The van der Waals surface area contributed by atoms with Gasteiger partial charge in [0.15, 0.2) is 0 Å². The van der Waals surface area contributed by atoms with E-state index in [4.69, 9.17) is 46.4 Å². The molecule has 0 aliphatic heterocycles. The van der Waals surface area contributed by atoms with Crippen molar-refractivity contribution in [1.82, 2.24) is 0 Å². The van der Waals surface area contributed by atoms with Crippen molar-refractivity contribution in [1.29, 1.82) is 0 Å². The van der Waals surface area contributed by atoms with Crippen LogP contribution in [0.1, 0.15) is 0 Å². The Labute approximate surface area is 99.3 Å². The highest BCUT2D eigenvalue weighted by molar-refractivity contribution is 8.68. The van der Waals surface area contributed by atoms with Crippen LogP contribution < -0.4 is 0 Å². The molecule has 1 aromatic carbocycles. The molecule has 1 aromatic rings. The van der Waals surface area contributed by atoms with Gasteiger partial charge in [0, 0.05) is 0 Å². The van der Waals surface area contributed by atoms with E-state index in [1.807, 2.05) is 0 Å². The number of hydrogen-bond donors (Lipinski definition) is 1. The van der Waals surface area contributed by atoms with Gasteiger partial charge in [-0.25, -0.2) is 0 Å². The van der Waals surface area contributed by atoms with Crippen molar-refractivity contribution in [3.05, 3.63) is 26.2 Å². The van der Waals surface area contributed by atoms with Gasteiger partial charge in [-0.15, -0.1) is 11.7 Å². The lowest BCUT2D eigenvalue weighted by molar-refractivity contribution is 1.47. The molecule has 0 saturated heterocycles. The van der Waals surface area contributed by atoms with E-state index in [0.29, 0.717) is 25.0 Å². The SMILES string of the molecule is SSc1c(Cl)c(Cl)cc(Cl)c1Cl. The maximum atomic E-state index is 5.83. The first kappa shape index (κ1) is 11.2. The molecule has 0 heterocycles. The number of halogens is 4. The van der Waals surface area contributed by atoms with Gasteiger partial charge >= 0.3 is 0 Å². The normalized spacial score (nSPS) is 10.4. The van der Waals surface area contributed by atoms with Gasteiger partial charge in [0.25, 0.3) is 0 Å². The third-order valence-corrected chi connectivity index (χ3v) is 4.10. The summed E-state index contributed by atoms with van der Waals surface area (Å²) < 4.78 is 0. The molecule has 0 amide bonds. The highest BCUT2D eigenvalue weighted by Gasteiger charge is 2.12. The highest BCUT2D eigenvalue weighted by atomic mass is 35.5. The summed E-state index contributed by atoms with van der Waals surface area (Å²) in [6, 6.07) is 1.50. The largest absolute Gasteiger partial charge is 0.106 e. The lowest BCUT2D eigenvalue weighted by atomic mass is 10.3. The Hall–Kier alpha value is 1.08. The summed E-state index contributed by atoms with van der Waals surface area (Å²) in [5, 5.41) is 1.52. The zero-order valence-electron chi connectivity index (χ0n) is 5.44. The molecule has 0 fully saturated rings. The average molecular weight is 280 g/mol. The summed E-state index contributed by atoms with van der Waals surface area (Å²) in [7, 11) is 1.11. The molecule has 0 radical (unpaired) electrons. The fourth-order valence-electron chi connectivity index (χ4n) is 0.631. The summed E-state index contributed by atoms with van der Waals surface area (Å²) in [5.41, 5.74) is 0. The number of thiol groups is 1. The van der Waals surface area contributed by atoms with Crippen molar-refractivity contribution in [2.75, 3.05) is 0 Å². The van der Waals surface area contributed by atoms with Crippen LogP contribution in [0.25, 0.3) is 0 Å². The molecule has 1 rings (SSSR count). The highest BCUT2D eigenvalue weighted by Crippen LogP contribution is 2.43. The molecule has 0 aromatic heterocycles. The number of rotatable bonds is 1.